The molecule has 1 aromatic heterocycles. The number of hydrogen-bond acceptors (Lipinski definition) is 5. The number of carbonyl (C=O) groups is 1. The van der Waals surface area contributed by atoms with Crippen LogP contribution in [0.1, 0.15) is 21.5 Å². The molecule has 2 aromatic carbocycles. The van der Waals surface area contributed by atoms with Gasteiger partial charge in [0.25, 0.3) is 5.91 Å². The predicted octanol–water partition coefficient (Wildman–Crippen LogP) is 3.22. The first-order chi connectivity index (χ1) is 14.2. The Bertz CT molecular complexity index is 948. The van der Waals surface area contributed by atoms with Gasteiger partial charge in [-0.25, -0.2) is 0 Å². The first-order valence-electron chi connectivity index (χ1n) is 9.80. The molecule has 2 heterocycles. The molecule has 148 valence electrons. The molecule has 0 bridgehead atoms. The van der Waals surface area contributed by atoms with Crippen molar-refractivity contribution in [3.63, 3.8) is 0 Å². The average Bonchev–Trinajstić information content (AvgIpc) is 2.79. The molecule has 3 aromatic rings. The summed E-state index contributed by atoms with van der Waals surface area (Å²) in [6.45, 7) is 5.66. The Kier molecular flexibility index (Phi) is 5.81. The van der Waals surface area contributed by atoms with E-state index in [2.05, 4.69) is 20.4 Å². The lowest BCUT2D eigenvalue weighted by Gasteiger charge is -2.27. The maximum Gasteiger partial charge on any atom is 0.251 e. The average molecular weight is 388 g/mol. The Labute approximate surface area is 170 Å². The molecule has 6 nitrogen and oxygen atoms in total. The van der Waals surface area contributed by atoms with E-state index in [1.165, 1.54) is 5.56 Å². The van der Waals surface area contributed by atoms with E-state index < -0.39 is 0 Å². The summed E-state index contributed by atoms with van der Waals surface area (Å²) < 4.78 is 5.37. The highest BCUT2D eigenvalue weighted by atomic mass is 16.5. The van der Waals surface area contributed by atoms with E-state index in [1.54, 1.807) is 0 Å². The molecule has 0 radical (unpaired) electrons. The Balaban J connectivity index is 1.38. The van der Waals surface area contributed by atoms with Crippen molar-refractivity contribution in [2.24, 2.45) is 0 Å². The summed E-state index contributed by atoms with van der Waals surface area (Å²) in [7, 11) is 0. The number of benzene rings is 2. The quantitative estimate of drug-likeness (QED) is 0.727. The number of nitrogens with zero attached hydrogens (tertiary/aromatic N) is 3. The number of rotatable bonds is 5. The minimum Gasteiger partial charge on any atom is -0.378 e. The van der Waals surface area contributed by atoms with Crippen molar-refractivity contribution in [2.45, 2.75) is 13.5 Å². The number of anilines is 1. The maximum atomic E-state index is 12.4. The van der Waals surface area contributed by atoms with Crippen LogP contribution in [0.5, 0.6) is 0 Å². The smallest absolute Gasteiger partial charge is 0.251 e. The number of amides is 1. The summed E-state index contributed by atoms with van der Waals surface area (Å²) in [6, 6.07) is 19.5. The van der Waals surface area contributed by atoms with Crippen molar-refractivity contribution in [3.05, 3.63) is 77.4 Å². The molecule has 1 amide bonds. The molecule has 1 N–H and O–H groups in total. The third-order valence-corrected chi connectivity index (χ3v) is 5.00. The Morgan fingerprint density at radius 2 is 1.69 bits per heavy atom. The van der Waals surface area contributed by atoms with Gasteiger partial charge in [-0.2, -0.15) is 0 Å². The lowest BCUT2D eigenvalue weighted by atomic mass is 10.1. The first-order valence-corrected chi connectivity index (χ1v) is 9.80. The summed E-state index contributed by atoms with van der Waals surface area (Å²) >= 11 is 0. The van der Waals surface area contributed by atoms with Gasteiger partial charge in [0.2, 0.25) is 0 Å². The van der Waals surface area contributed by atoms with Gasteiger partial charge < -0.3 is 15.0 Å². The van der Waals surface area contributed by atoms with E-state index in [1.807, 2.05) is 67.6 Å². The van der Waals surface area contributed by atoms with Crippen LogP contribution in [-0.2, 0) is 11.3 Å². The highest BCUT2D eigenvalue weighted by Crippen LogP contribution is 2.20. The molecule has 1 aliphatic heterocycles. The first kappa shape index (κ1) is 19.1. The van der Waals surface area contributed by atoms with Crippen LogP contribution in [0.3, 0.4) is 0 Å². The van der Waals surface area contributed by atoms with Crippen molar-refractivity contribution in [2.75, 3.05) is 31.2 Å². The van der Waals surface area contributed by atoms with Crippen LogP contribution in [0.15, 0.2) is 60.7 Å². The molecule has 1 saturated heterocycles. The second-order valence-electron chi connectivity index (χ2n) is 7.12. The highest BCUT2D eigenvalue weighted by molar-refractivity contribution is 5.94. The van der Waals surface area contributed by atoms with Gasteiger partial charge in [0.05, 0.1) is 18.9 Å². The lowest BCUT2D eigenvalue weighted by molar-refractivity contribution is 0.0951. The summed E-state index contributed by atoms with van der Waals surface area (Å²) in [5, 5.41) is 11.7. The number of hydrogen-bond donors (Lipinski definition) is 1. The fourth-order valence-corrected chi connectivity index (χ4v) is 3.22. The minimum atomic E-state index is -0.0918. The molecular formula is C23H24N4O2. The van der Waals surface area contributed by atoms with Crippen LogP contribution in [0.2, 0.25) is 0 Å². The van der Waals surface area contributed by atoms with Crippen molar-refractivity contribution in [1.82, 2.24) is 15.5 Å². The van der Waals surface area contributed by atoms with Gasteiger partial charge in [-0.3, -0.25) is 4.79 Å². The molecule has 0 spiro atoms. The molecule has 1 fully saturated rings. The van der Waals surface area contributed by atoms with Gasteiger partial charge in [0.15, 0.2) is 5.82 Å². The third-order valence-electron chi connectivity index (χ3n) is 5.00. The van der Waals surface area contributed by atoms with Crippen LogP contribution in [0.25, 0.3) is 11.3 Å². The lowest BCUT2D eigenvalue weighted by Crippen LogP contribution is -2.36. The minimum absolute atomic E-state index is 0.0918. The zero-order chi connectivity index (χ0) is 20.1. The van der Waals surface area contributed by atoms with Gasteiger partial charge in [0.1, 0.15) is 0 Å². The number of nitrogens with one attached hydrogen (secondary N) is 1. The van der Waals surface area contributed by atoms with Crippen molar-refractivity contribution >= 4 is 11.7 Å². The van der Waals surface area contributed by atoms with Crippen molar-refractivity contribution < 1.29 is 9.53 Å². The Hall–Kier alpha value is -3.25. The molecule has 0 atom stereocenters. The van der Waals surface area contributed by atoms with Gasteiger partial charge >= 0.3 is 0 Å². The standard InChI is InChI=1S/C23H24N4O2/c1-17-2-4-18(5-3-17)16-24-23(28)20-8-6-19(7-9-20)21-10-11-22(26-25-21)27-12-14-29-15-13-27/h2-11H,12-16H2,1H3,(H,24,28). The van der Waals surface area contributed by atoms with Gasteiger partial charge in [0, 0.05) is 30.8 Å². The Morgan fingerprint density at radius 3 is 2.34 bits per heavy atom. The number of carbonyl (C=O) groups excluding carboxylic acids is 1. The SMILES string of the molecule is Cc1ccc(CNC(=O)c2ccc(-c3ccc(N4CCOCC4)nn3)cc2)cc1. The van der Waals surface area contributed by atoms with Gasteiger partial charge in [-0.15, -0.1) is 10.2 Å². The summed E-state index contributed by atoms with van der Waals surface area (Å²) in [4.78, 5) is 14.6. The predicted molar refractivity (Wildman–Crippen MR) is 113 cm³/mol. The number of aryl methyl sites for hydroxylation is 1. The van der Waals surface area contributed by atoms with Crippen LogP contribution in [-0.4, -0.2) is 42.4 Å². The largest absolute Gasteiger partial charge is 0.378 e. The fourth-order valence-electron chi connectivity index (χ4n) is 3.22. The summed E-state index contributed by atoms with van der Waals surface area (Å²) in [5.41, 5.74) is 4.63. The van der Waals surface area contributed by atoms with E-state index in [0.29, 0.717) is 12.1 Å². The molecule has 6 heteroatoms. The van der Waals surface area contributed by atoms with Crippen LogP contribution in [0.4, 0.5) is 5.82 Å². The number of ether oxygens (including phenoxy) is 1. The number of morpholine rings is 1. The summed E-state index contributed by atoms with van der Waals surface area (Å²) in [6.07, 6.45) is 0. The van der Waals surface area contributed by atoms with Crippen LogP contribution >= 0.6 is 0 Å². The second-order valence-corrected chi connectivity index (χ2v) is 7.12. The van der Waals surface area contributed by atoms with Crippen LogP contribution in [0, 0.1) is 6.92 Å². The zero-order valence-electron chi connectivity index (χ0n) is 16.5. The molecule has 1 aliphatic rings. The molecular weight excluding hydrogens is 364 g/mol. The highest BCUT2D eigenvalue weighted by Gasteiger charge is 2.13. The van der Waals surface area contributed by atoms with Crippen LogP contribution < -0.4 is 10.2 Å². The van der Waals surface area contributed by atoms with E-state index in [-0.39, 0.29) is 5.91 Å². The van der Waals surface area contributed by atoms with Crippen molar-refractivity contribution in [3.8, 4) is 11.3 Å². The van der Waals surface area contributed by atoms with Gasteiger partial charge in [-0.1, -0.05) is 42.0 Å². The topological polar surface area (TPSA) is 67.4 Å². The van der Waals surface area contributed by atoms with E-state index in [0.717, 1.165) is 48.9 Å². The molecule has 0 unspecified atom stereocenters. The van der Waals surface area contributed by atoms with Gasteiger partial charge in [-0.05, 0) is 36.8 Å². The zero-order valence-corrected chi connectivity index (χ0v) is 16.5. The summed E-state index contributed by atoms with van der Waals surface area (Å²) in [5.74, 6) is 0.773. The molecule has 29 heavy (non-hydrogen) atoms. The van der Waals surface area contributed by atoms with Crippen molar-refractivity contribution in [1.29, 1.82) is 0 Å². The fraction of sp³-hybridized carbons (Fsp3) is 0.261. The molecule has 4 rings (SSSR count). The Morgan fingerprint density at radius 1 is 0.966 bits per heavy atom. The second kappa shape index (κ2) is 8.84. The molecule has 0 aliphatic carbocycles. The van der Waals surface area contributed by atoms with E-state index in [9.17, 15) is 4.79 Å². The maximum absolute atomic E-state index is 12.4. The number of aromatic nitrogens is 2. The monoisotopic (exact) mass is 388 g/mol. The molecule has 0 saturated carbocycles. The third kappa shape index (κ3) is 4.78. The van der Waals surface area contributed by atoms with E-state index >= 15 is 0 Å². The normalized spacial score (nSPS) is 13.9. The van der Waals surface area contributed by atoms with E-state index in [4.69, 9.17) is 4.74 Å².